The highest BCUT2D eigenvalue weighted by molar-refractivity contribution is 5.78. The van der Waals surface area contributed by atoms with Crippen molar-refractivity contribution in [2.24, 2.45) is 5.92 Å². The van der Waals surface area contributed by atoms with Gasteiger partial charge in [0.25, 0.3) is 5.69 Å². The second-order valence-electron chi connectivity index (χ2n) is 7.47. The number of rotatable bonds is 5. The first-order chi connectivity index (χ1) is 12.5. The van der Waals surface area contributed by atoms with Crippen molar-refractivity contribution in [3.05, 3.63) is 34.4 Å². The lowest BCUT2D eigenvalue weighted by Crippen LogP contribution is -2.51. The van der Waals surface area contributed by atoms with E-state index in [1.165, 1.54) is 19.3 Å². The Bertz CT molecular complexity index is 626. The molecule has 0 radical (unpaired) electrons. The van der Waals surface area contributed by atoms with Crippen LogP contribution in [0.1, 0.15) is 32.6 Å². The number of nitrogens with one attached hydrogen (secondary N) is 1. The van der Waals surface area contributed by atoms with E-state index in [1.807, 2.05) is 0 Å². The van der Waals surface area contributed by atoms with Gasteiger partial charge in [-0.25, -0.2) is 0 Å². The Balaban J connectivity index is 1.44. The van der Waals surface area contributed by atoms with Crippen LogP contribution in [0.15, 0.2) is 24.3 Å². The Morgan fingerprint density at radius 2 is 1.81 bits per heavy atom. The van der Waals surface area contributed by atoms with E-state index in [4.69, 9.17) is 0 Å². The SMILES string of the molecule is C[C@@H]1CCCC[C@H]1NC(=O)CN1CCN(c2ccc([N+](=O)[O-])cc2)CC1. The van der Waals surface area contributed by atoms with Gasteiger partial charge < -0.3 is 10.2 Å². The molecule has 1 aliphatic carbocycles. The Kier molecular flexibility index (Phi) is 6.08. The van der Waals surface area contributed by atoms with Gasteiger partial charge in [0.1, 0.15) is 0 Å². The number of carbonyl (C=O) groups excluding carboxylic acids is 1. The Morgan fingerprint density at radius 1 is 1.15 bits per heavy atom. The molecule has 26 heavy (non-hydrogen) atoms. The summed E-state index contributed by atoms with van der Waals surface area (Å²) in [5.41, 5.74) is 1.11. The van der Waals surface area contributed by atoms with Gasteiger partial charge in [-0.1, -0.05) is 19.8 Å². The molecule has 1 aliphatic heterocycles. The number of amides is 1. The first kappa shape index (κ1) is 18.6. The van der Waals surface area contributed by atoms with Crippen LogP contribution in [0, 0.1) is 16.0 Å². The molecular weight excluding hydrogens is 332 g/mol. The summed E-state index contributed by atoms with van der Waals surface area (Å²) in [6.07, 6.45) is 4.79. The summed E-state index contributed by atoms with van der Waals surface area (Å²) in [6, 6.07) is 7.01. The molecule has 1 amide bonds. The van der Waals surface area contributed by atoms with E-state index >= 15 is 0 Å². The highest BCUT2D eigenvalue weighted by Crippen LogP contribution is 2.24. The zero-order valence-electron chi connectivity index (χ0n) is 15.4. The maximum atomic E-state index is 12.3. The van der Waals surface area contributed by atoms with Crippen LogP contribution in [0.5, 0.6) is 0 Å². The molecule has 2 atom stereocenters. The first-order valence-electron chi connectivity index (χ1n) is 9.54. The van der Waals surface area contributed by atoms with Crippen molar-refractivity contribution >= 4 is 17.3 Å². The quantitative estimate of drug-likeness (QED) is 0.644. The molecule has 0 aromatic heterocycles. The largest absolute Gasteiger partial charge is 0.369 e. The summed E-state index contributed by atoms with van der Waals surface area (Å²) in [5, 5.41) is 14.0. The Hall–Kier alpha value is -2.15. The zero-order valence-corrected chi connectivity index (χ0v) is 15.4. The summed E-state index contributed by atoms with van der Waals surface area (Å²) in [6.45, 7) is 5.98. The molecule has 1 heterocycles. The first-order valence-corrected chi connectivity index (χ1v) is 9.54. The van der Waals surface area contributed by atoms with Crippen molar-refractivity contribution in [2.75, 3.05) is 37.6 Å². The molecule has 1 aromatic carbocycles. The van der Waals surface area contributed by atoms with Gasteiger partial charge in [-0.2, -0.15) is 0 Å². The van der Waals surface area contributed by atoms with Crippen molar-refractivity contribution in [1.82, 2.24) is 10.2 Å². The van der Waals surface area contributed by atoms with Gasteiger partial charge in [0, 0.05) is 50.0 Å². The van der Waals surface area contributed by atoms with Crippen molar-refractivity contribution in [3.8, 4) is 0 Å². The average molecular weight is 360 g/mol. The van der Waals surface area contributed by atoms with Gasteiger partial charge in [0.05, 0.1) is 11.5 Å². The summed E-state index contributed by atoms with van der Waals surface area (Å²) in [4.78, 5) is 27.1. The number of nitrogens with zero attached hydrogens (tertiary/aromatic N) is 3. The second-order valence-corrected chi connectivity index (χ2v) is 7.47. The summed E-state index contributed by atoms with van der Waals surface area (Å²) in [7, 11) is 0. The molecule has 1 aromatic rings. The molecule has 0 spiro atoms. The van der Waals surface area contributed by atoms with Crippen LogP contribution in [0.25, 0.3) is 0 Å². The van der Waals surface area contributed by atoms with Gasteiger partial charge in [-0.05, 0) is 30.9 Å². The predicted molar refractivity (Wildman–Crippen MR) is 101 cm³/mol. The molecule has 0 unspecified atom stereocenters. The van der Waals surface area contributed by atoms with Gasteiger partial charge >= 0.3 is 0 Å². The molecule has 3 rings (SSSR count). The lowest BCUT2D eigenvalue weighted by molar-refractivity contribution is -0.384. The zero-order chi connectivity index (χ0) is 18.5. The van der Waals surface area contributed by atoms with E-state index in [0.29, 0.717) is 18.5 Å². The lowest BCUT2D eigenvalue weighted by atomic mass is 9.86. The third-order valence-corrected chi connectivity index (χ3v) is 5.62. The van der Waals surface area contributed by atoms with Crippen molar-refractivity contribution in [2.45, 2.75) is 38.6 Å². The van der Waals surface area contributed by atoms with Crippen LogP contribution in [-0.2, 0) is 4.79 Å². The van der Waals surface area contributed by atoms with Gasteiger partial charge in [0.15, 0.2) is 0 Å². The van der Waals surface area contributed by atoms with E-state index in [-0.39, 0.29) is 16.5 Å². The van der Waals surface area contributed by atoms with Gasteiger partial charge in [-0.15, -0.1) is 0 Å². The third kappa shape index (κ3) is 4.72. The number of piperazine rings is 1. The molecule has 7 nitrogen and oxygen atoms in total. The fourth-order valence-corrected chi connectivity index (χ4v) is 3.94. The van der Waals surface area contributed by atoms with Crippen LogP contribution in [0.2, 0.25) is 0 Å². The molecule has 1 N–H and O–H groups in total. The standard InChI is InChI=1S/C19H28N4O3/c1-15-4-2-3-5-18(15)20-19(24)14-21-10-12-22(13-11-21)16-6-8-17(9-7-16)23(25)26/h6-9,15,18H,2-5,10-14H2,1H3,(H,20,24)/t15-,18-/m1/s1. The predicted octanol–water partition coefficient (Wildman–Crippen LogP) is 2.41. The minimum absolute atomic E-state index is 0.112. The number of non-ortho nitro benzene ring substituents is 1. The Labute approximate surface area is 154 Å². The number of nitro benzene ring substituents is 1. The average Bonchev–Trinajstić information content (AvgIpc) is 2.64. The number of carbonyl (C=O) groups is 1. The van der Waals surface area contributed by atoms with Gasteiger partial charge in [-0.3, -0.25) is 19.8 Å². The minimum atomic E-state index is -0.381. The molecule has 2 fully saturated rings. The van der Waals surface area contributed by atoms with E-state index in [2.05, 4.69) is 22.0 Å². The second kappa shape index (κ2) is 8.49. The van der Waals surface area contributed by atoms with E-state index < -0.39 is 0 Å². The number of hydrogen-bond acceptors (Lipinski definition) is 5. The van der Waals surface area contributed by atoms with Crippen LogP contribution >= 0.6 is 0 Å². The van der Waals surface area contributed by atoms with Crippen molar-refractivity contribution < 1.29 is 9.72 Å². The van der Waals surface area contributed by atoms with Crippen molar-refractivity contribution in [1.29, 1.82) is 0 Å². The minimum Gasteiger partial charge on any atom is -0.369 e. The molecule has 1 saturated heterocycles. The summed E-state index contributed by atoms with van der Waals surface area (Å²) >= 11 is 0. The number of hydrogen-bond donors (Lipinski definition) is 1. The number of anilines is 1. The monoisotopic (exact) mass is 360 g/mol. The van der Waals surface area contributed by atoms with Crippen LogP contribution in [-0.4, -0.2) is 54.5 Å². The highest BCUT2D eigenvalue weighted by atomic mass is 16.6. The smallest absolute Gasteiger partial charge is 0.269 e. The Morgan fingerprint density at radius 3 is 2.42 bits per heavy atom. The number of benzene rings is 1. The fourth-order valence-electron chi connectivity index (χ4n) is 3.94. The van der Waals surface area contributed by atoms with Gasteiger partial charge in [0.2, 0.25) is 5.91 Å². The lowest BCUT2D eigenvalue weighted by Gasteiger charge is -2.36. The van der Waals surface area contributed by atoms with E-state index in [1.54, 1.807) is 24.3 Å². The molecule has 2 aliphatic rings. The van der Waals surface area contributed by atoms with Crippen LogP contribution in [0.3, 0.4) is 0 Å². The molecule has 1 saturated carbocycles. The van der Waals surface area contributed by atoms with Crippen LogP contribution < -0.4 is 10.2 Å². The van der Waals surface area contributed by atoms with Crippen LogP contribution in [0.4, 0.5) is 11.4 Å². The maximum absolute atomic E-state index is 12.3. The normalized spacial score (nSPS) is 24.3. The van der Waals surface area contributed by atoms with Crippen molar-refractivity contribution in [3.63, 3.8) is 0 Å². The molecular formula is C19H28N4O3. The molecule has 0 bridgehead atoms. The van der Waals surface area contributed by atoms with E-state index in [9.17, 15) is 14.9 Å². The van der Waals surface area contributed by atoms with E-state index in [0.717, 1.165) is 38.3 Å². The summed E-state index contributed by atoms with van der Waals surface area (Å²) in [5.74, 6) is 0.708. The third-order valence-electron chi connectivity index (χ3n) is 5.62. The highest BCUT2D eigenvalue weighted by Gasteiger charge is 2.25. The summed E-state index contributed by atoms with van der Waals surface area (Å²) < 4.78 is 0. The fraction of sp³-hybridized carbons (Fsp3) is 0.632. The number of nitro groups is 1. The maximum Gasteiger partial charge on any atom is 0.269 e. The topological polar surface area (TPSA) is 78.7 Å². The molecule has 142 valence electrons. The molecule has 7 heteroatoms.